The summed E-state index contributed by atoms with van der Waals surface area (Å²) in [5.74, 6) is 0.0247. The highest BCUT2D eigenvalue weighted by Crippen LogP contribution is 2.30. The molecule has 0 radical (unpaired) electrons. The molecule has 2 aromatic rings. The minimum absolute atomic E-state index is 0.0427. The number of ether oxygens (including phenoxy) is 3. The van der Waals surface area contributed by atoms with Crippen molar-refractivity contribution in [2.24, 2.45) is 0 Å². The van der Waals surface area contributed by atoms with Crippen LogP contribution in [0.5, 0.6) is 11.5 Å². The zero-order chi connectivity index (χ0) is 18.4. The van der Waals surface area contributed by atoms with Crippen LogP contribution in [0.1, 0.15) is 33.6 Å². The predicted octanol–water partition coefficient (Wildman–Crippen LogP) is 2.85. The number of Topliss-reactive ketones (excluding diaryl/α,β-unsaturated/α-hetero) is 2. The molecule has 1 heterocycles. The molecule has 0 bridgehead atoms. The van der Waals surface area contributed by atoms with Crippen molar-refractivity contribution in [1.82, 2.24) is 0 Å². The maximum Gasteiger partial charge on any atom is 0.306 e. The second-order valence-electron chi connectivity index (χ2n) is 5.73. The first-order valence-electron chi connectivity index (χ1n) is 8.30. The van der Waals surface area contributed by atoms with Gasteiger partial charge < -0.3 is 14.2 Å². The van der Waals surface area contributed by atoms with Gasteiger partial charge in [0.05, 0.1) is 6.42 Å². The Bertz CT molecular complexity index is 812. The molecule has 0 saturated carbocycles. The summed E-state index contributed by atoms with van der Waals surface area (Å²) in [5, 5.41) is 0. The Labute approximate surface area is 150 Å². The normalized spacial score (nSPS) is 12.3. The van der Waals surface area contributed by atoms with Crippen LogP contribution in [-0.4, -0.2) is 37.4 Å². The largest absolute Gasteiger partial charge is 0.486 e. The summed E-state index contributed by atoms with van der Waals surface area (Å²) in [7, 11) is 0. The van der Waals surface area contributed by atoms with Crippen LogP contribution in [0.25, 0.3) is 0 Å². The molecule has 0 N–H and O–H groups in total. The molecule has 1 aliphatic heterocycles. The molecule has 0 spiro atoms. The summed E-state index contributed by atoms with van der Waals surface area (Å²) in [6.07, 6.45) is -0.0246. The van der Waals surface area contributed by atoms with Crippen molar-refractivity contribution in [2.75, 3.05) is 19.8 Å². The molecule has 6 nitrogen and oxygen atoms in total. The summed E-state index contributed by atoms with van der Waals surface area (Å²) in [4.78, 5) is 35.9. The molecule has 6 heteroatoms. The Morgan fingerprint density at radius 3 is 2.31 bits per heavy atom. The van der Waals surface area contributed by atoms with E-state index in [-0.39, 0.29) is 31.0 Å². The zero-order valence-electron chi connectivity index (χ0n) is 14.1. The van der Waals surface area contributed by atoms with Crippen LogP contribution in [0.2, 0.25) is 0 Å². The van der Waals surface area contributed by atoms with E-state index < -0.39 is 5.97 Å². The average molecular weight is 354 g/mol. The van der Waals surface area contributed by atoms with Crippen molar-refractivity contribution >= 4 is 17.5 Å². The van der Waals surface area contributed by atoms with Crippen LogP contribution >= 0.6 is 0 Å². The molecule has 0 fully saturated rings. The molecule has 0 unspecified atom stereocenters. The Morgan fingerprint density at radius 2 is 1.54 bits per heavy atom. The van der Waals surface area contributed by atoms with Gasteiger partial charge in [-0.3, -0.25) is 14.4 Å². The van der Waals surface area contributed by atoms with Crippen molar-refractivity contribution in [3.63, 3.8) is 0 Å². The number of ketones is 2. The first kappa shape index (κ1) is 17.7. The van der Waals surface area contributed by atoms with Crippen LogP contribution < -0.4 is 9.47 Å². The highest BCUT2D eigenvalue weighted by Gasteiger charge is 2.16. The average Bonchev–Trinajstić information content (AvgIpc) is 2.70. The van der Waals surface area contributed by atoms with E-state index in [2.05, 4.69) is 0 Å². The lowest BCUT2D eigenvalue weighted by Gasteiger charge is -2.18. The number of hydrogen-bond donors (Lipinski definition) is 0. The second-order valence-corrected chi connectivity index (χ2v) is 5.73. The summed E-state index contributed by atoms with van der Waals surface area (Å²) < 4.78 is 15.8. The van der Waals surface area contributed by atoms with Crippen molar-refractivity contribution in [2.45, 2.75) is 12.8 Å². The summed E-state index contributed by atoms with van der Waals surface area (Å²) in [6, 6.07) is 13.6. The molecule has 1 aliphatic rings. The summed E-state index contributed by atoms with van der Waals surface area (Å²) in [5.41, 5.74) is 0.926. The van der Waals surface area contributed by atoms with Gasteiger partial charge >= 0.3 is 5.97 Å². The van der Waals surface area contributed by atoms with E-state index >= 15 is 0 Å². The molecule has 0 aliphatic carbocycles. The van der Waals surface area contributed by atoms with Gasteiger partial charge in [-0.15, -0.1) is 0 Å². The number of carbonyl (C=O) groups excluding carboxylic acids is 3. The van der Waals surface area contributed by atoms with Gasteiger partial charge in [-0.05, 0) is 18.2 Å². The van der Waals surface area contributed by atoms with E-state index in [1.54, 1.807) is 42.5 Å². The predicted molar refractivity (Wildman–Crippen MR) is 92.7 cm³/mol. The monoisotopic (exact) mass is 354 g/mol. The minimum Gasteiger partial charge on any atom is -0.486 e. The fraction of sp³-hybridized carbons (Fsp3) is 0.250. The smallest absolute Gasteiger partial charge is 0.306 e. The van der Waals surface area contributed by atoms with Gasteiger partial charge in [-0.2, -0.15) is 0 Å². The van der Waals surface area contributed by atoms with E-state index in [1.165, 1.54) is 0 Å². The number of esters is 1. The summed E-state index contributed by atoms with van der Waals surface area (Å²) in [6.45, 7) is 0.521. The number of hydrogen-bond acceptors (Lipinski definition) is 6. The van der Waals surface area contributed by atoms with E-state index in [4.69, 9.17) is 14.2 Å². The fourth-order valence-electron chi connectivity index (χ4n) is 2.50. The quantitative estimate of drug-likeness (QED) is 0.562. The standard InChI is InChI=1S/C20H18O6/c21-16(14-4-2-1-3-5-14)7-9-20(23)26-13-17(22)15-6-8-18-19(12-15)25-11-10-24-18/h1-6,8,12H,7,9-11,13H2. The lowest BCUT2D eigenvalue weighted by molar-refractivity contribution is -0.142. The molecule has 3 rings (SSSR count). The fourth-order valence-corrected chi connectivity index (χ4v) is 2.50. The molecule has 0 amide bonds. The minimum atomic E-state index is -0.583. The van der Waals surface area contributed by atoms with Crippen molar-refractivity contribution in [1.29, 1.82) is 0 Å². The van der Waals surface area contributed by atoms with Gasteiger partial charge in [0.2, 0.25) is 0 Å². The molecule has 134 valence electrons. The van der Waals surface area contributed by atoms with Gasteiger partial charge in [0.1, 0.15) is 13.2 Å². The third kappa shape index (κ3) is 4.47. The van der Waals surface area contributed by atoms with E-state index in [0.717, 1.165) is 0 Å². The number of carbonyl (C=O) groups is 3. The highest BCUT2D eigenvalue weighted by atomic mass is 16.6. The first-order chi connectivity index (χ1) is 12.6. The van der Waals surface area contributed by atoms with Crippen LogP contribution in [0.4, 0.5) is 0 Å². The van der Waals surface area contributed by atoms with Crippen LogP contribution in [0.15, 0.2) is 48.5 Å². The van der Waals surface area contributed by atoms with Crippen molar-refractivity contribution in [3.8, 4) is 11.5 Å². The maximum atomic E-state index is 12.2. The topological polar surface area (TPSA) is 78.9 Å². The highest BCUT2D eigenvalue weighted by molar-refractivity contribution is 5.99. The molecule has 0 aromatic heterocycles. The summed E-state index contributed by atoms with van der Waals surface area (Å²) >= 11 is 0. The molecular formula is C20H18O6. The van der Waals surface area contributed by atoms with Crippen molar-refractivity contribution in [3.05, 3.63) is 59.7 Å². The number of benzene rings is 2. The molecule has 0 atom stereocenters. The van der Waals surface area contributed by atoms with Gasteiger partial charge in [-0.25, -0.2) is 0 Å². The molecule has 0 saturated heterocycles. The number of fused-ring (bicyclic) bond motifs is 1. The third-order valence-electron chi connectivity index (χ3n) is 3.88. The van der Waals surface area contributed by atoms with Crippen LogP contribution in [0.3, 0.4) is 0 Å². The van der Waals surface area contributed by atoms with Crippen LogP contribution in [0, 0.1) is 0 Å². The second kappa shape index (κ2) is 8.29. The van der Waals surface area contributed by atoms with E-state index in [9.17, 15) is 14.4 Å². The third-order valence-corrected chi connectivity index (χ3v) is 3.88. The van der Waals surface area contributed by atoms with E-state index in [1.807, 2.05) is 6.07 Å². The molecular weight excluding hydrogens is 336 g/mol. The van der Waals surface area contributed by atoms with Gasteiger partial charge in [0, 0.05) is 17.5 Å². The van der Waals surface area contributed by atoms with E-state index in [0.29, 0.717) is 35.8 Å². The number of rotatable bonds is 7. The van der Waals surface area contributed by atoms with Crippen molar-refractivity contribution < 1.29 is 28.6 Å². The molecule has 26 heavy (non-hydrogen) atoms. The Balaban J connectivity index is 1.47. The van der Waals surface area contributed by atoms with Gasteiger partial charge in [0.15, 0.2) is 29.7 Å². The Morgan fingerprint density at radius 1 is 0.808 bits per heavy atom. The first-order valence-corrected chi connectivity index (χ1v) is 8.30. The lowest BCUT2D eigenvalue weighted by Crippen LogP contribution is -2.17. The van der Waals surface area contributed by atoms with Gasteiger partial charge in [-0.1, -0.05) is 30.3 Å². The van der Waals surface area contributed by atoms with Gasteiger partial charge in [0.25, 0.3) is 0 Å². The maximum absolute atomic E-state index is 12.2. The SMILES string of the molecule is O=C(CCC(=O)c1ccccc1)OCC(=O)c1ccc2c(c1)OCCO2. The zero-order valence-corrected chi connectivity index (χ0v) is 14.1. The Hall–Kier alpha value is -3.15. The molecule has 2 aromatic carbocycles. The lowest BCUT2D eigenvalue weighted by atomic mass is 10.1. The Kier molecular flexibility index (Phi) is 5.63. The van der Waals surface area contributed by atoms with Crippen LogP contribution in [-0.2, 0) is 9.53 Å².